The van der Waals surface area contributed by atoms with E-state index in [4.69, 9.17) is 26.2 Å². The molecule has 0 unspecified atom stereocenters. The summed E-state index contributed by atoms with van der Waals surface area (Å²) in [5.41, 5.74) is 1.01. The molecule has 2 aromatic rings. The van der Waals surface area contributed by atoms with Gasteiger partial charge in [0.15, 0.2) is 11.5 Å². The van der Waals surface area contributed by atoms with Crippen LogP contribution in [-0.4, -0.2) is 17.9 Å². The van der Waals surface area contributed by atoms with Gasteiger partial charge in [-0.05, 0) is 23.8 Å². The summed E-state index contributed by atoms with van der Waals surface area (Å²) in [6.07, 6.45) is 0. The van der Waals surface area contributed by atoms with Crippen molar-refractivity contribution in [1.29, 1.82) is 0 Å². The van der Waals surface area contributed by atoms with Crippen LogP contribution in [-0.2, 0) is 5.75 Å². The lowest BCUT2D eigenvalue weighted by Gasteiger charge is -2.04. The molecule has 2 heterocycles. The quantitative estimate of drug-likeness (QED) is 0.855. The van der Waals surface area contributed by atoms with Crippen molar-refractivity contribution in [3.63, 3.8) is 0 Å². The molecule has 0 amide bonds. The third-order valence-corrected chi connectivity index (χ3v) is 5.07. The van der Waals surface area contributed by atoms with Crippen molar-refractivity contribution in [2.45, 2.75) is 10.6 Å². The summed E-state index contributed by atoms with van der Waals surface area (Å²) in [5.74, 6) is 1.04. The smallest absolute Gasteiger partial charge is 0.345 e. The molecule has 1 aliphatic rings. The van der Waals surface area contributed by atoms with Crippen molar-refractivity contribution in [3.05, 3.63) is 39.0 Å². The lowest BCUT2D eigenvalue weighted by atomic mass is 10.2. The minimum atomic E-state index is -0.895. The average Bonchev–Trinajstić information content (AvgIpc) is 3.05. The predicted octanol–water partition coefficient (Wildman–Crippen LogP) is 4.12. The highest BCUT2D eigenvalue weighted by Gasteiger charge is 2.18. The molecule has 104 valence electrons. The maximum absolute atomic E-state index is 10.8. The number of benzene rings is 1. The first-order valence-corrected chi connectivity index (χ1v) is 7.90. The van der Waals surface area contributed by atoms with E-state index in [1.165, 1.54) is 11.3 Å². The Bertz CT molecular complexity index is 668. The van der Waals surface area contributed by atoms with Gasteiger partial charge < -0.3 is 14.6 Å². The standard InChI is InChI=1S/C13H9ClO4S2/c14-9-1-7(2-10-12(9)18-6-17-10)4-19-8-3-11(13(15)16)20-5-8/h1-3,5H,4,6H2,(H,15,16). The van der Waals surface area contributed by atoms with Crippen molar-refractivity contribution >= 4 is 40.7 Å². The van der Waals surface area contributed by atoms with Crippen LogP contribution >= 0.6 is 34.7 Å². The van der Waals surface area contributed by atoms with Crippen LogP contribution in [0, 0.1) is 0 Å². The number of hydrogen-bond acceptors (Lipinski definition) is 5. The van der Waals surface area contributed by atoms with Gasteiger partial charge in [-0.2, -0.15) is 0 Å². The van der Waals surface area contributed by atoms with Gasteiger partial charge in [0.25, 0.3) is 0 Å². The van der Waals surface area contributed by atoms with Crippen molar-refractivity contribution in [3.8, 4) is 11.5 Å². The van der Waals surface area contributed by atoms with Gasteiger partial charge in [0.1, 0.15) is 4.88 Å². The Morgan fingerprint density at radius 2 is 2.25 bits per heavy atom. The maximum Gasteiger partial charge on any atom is 0.345 e. The van der Waals surface area contributed by atoms with E-state index in [0.717, 1.165) is 10.5 Å². The number of halogens is 1. The van der Waals surface area contributed by atoms with Crippen LogP contribution in [0.15, 0.2) is 28.5 Å². The van der Waals surface area contributed by atoms with E-state index in [1.807, 2.05) is 17.5 Å². The molecule has 3 rings (SSSR count). The van der Waals surface area contributed by atoms with E-state index in [-0.39, 0.29) is 6.79 Å². The predicted molar refractivity (Wildman–Crippen MR) is 78.4 cm³/mol. The highest BCUT2D eigenvalue weighted by atomic mass is 35.5. The van der Waals surface area contributed by atoms with Crippen LogP contribution in [0.5, 0.6) is 11.5 Å². The van der Waals surface area contributed by atoms with Crippen LogP contribution < -0.4 is 9.47 Å². The molecule has 0 saturated carbocycles. The fourth-order valence-corrected chi connectivity index (χ4v) is 3.86. The second-order valence-electron chi connectivity index (χ2n) is 4.05. The van der Waals surface area contributed by atoms with E-state index in [9.17, 15) is 4.79 Å². The Morgan fingerprint density at radius 1 is 1.40 bits per heavy atom. The normalized spacial score (nSPS) is 12.7. The van der Waals surface area contributed by atoms with Gasteiger partial charge in [-0.25, -0.2) is 4.79 Å². The minimum Gasteiger partial charge on any atom is -0.477 e. The topological polar surface area (TPSA) is 55.8 Å². The van der Waals surface area contributed by atoms with Gasteiger partial charge in [0.2, 0.25) is 6.79 Å². The Balaban J connectivity index is 1.72. The molecule has 1 aliphatic heterocycles. The maximum atomic E-state index is 10.8. The Hall–Kier alpha value is -1.37. The van der Waals surface area contributed by atoms with Crippen LogP contribution in [0.25, 0.3) is 0 Å². The van der Waals surface area contributed by atoms with Gasteiger partial charge in [-0.3, -0.25) is 0 Å². The lowest BCUT2D eigenvalue weighted by Crippen LogP contribution is -1.93. The van der Waals surface area contributed by atoms with Crippen LogP contribution in [0.2, 0.25) is 5.02 Å². The molecule has 0 spiro atoms. The van der Waals surface area contributed by atoms with E-state index < -0.39 is 5.97 Å². The zero-order chi connectivity index (χ0) is 14.1. The lowest BCUT2D eigenvalue weighted by molar-refractivity contribution is 0.0702. The Kier molecular flexibility index (Phi) is 3.78. The van der Waals surface area contributed by atoms with Gasteiger partial charge in [-0.1, -0.05) is 11.6 Å². The summed E-state index contributed by atoms with van der Waals surface area (Å²) in [6.45, 7) is 0.193. The summed E-state index contributed by atoms with van der Waals surface area (Å²) < 4.78 is 10.6. The van der Waals surface area contributed by atoms with Gasteiger partial charge in [0, 0.05) is 16.0 Å². The summed E-state index contributed by atoms with van der Waals surface area (Å²) in [7, 11) is 0. The minimum absolute atomic E-state index is 0.193. The average molecular weight is 329 g/mol. The number of rotatable bonds is 4. The second kappa shape index (κ2) is 5.55. The molecular weight excluding hydrogens is 320 g/mol. The van der Waals surface area contributed by atoms with Crippen LogP contribution in [0.3, 0.4) is 0 Å². The van der Waals surface area contributed by atoms with E-state index in [0.29, 0.717) is 27.2 Å². The first-order valence-electron chi connectivity index (χ1n) is 5.66. The molecule has 0 bridgehead atoms. The summed E-state index contributed by atoms with van der Waals surface area (Å²) in [5, 5.41) is 11.2. The monoisotopic (exact) mass is 328 g/mol. The number of thiophene rings is 1. The number of aromatic carboxylic acids is 1. The van der Waals surface area contributed by atoms with E-state index in [2.05, 4.69) is 0 Å². The van der Waals surface area contributed by atoms with Crippen LogP contribution in [0.4, 0.5) is 0 Å². The molecule has 0 atom stereocenters. The molecule has 7 heteroatoms. The molecular formula is C13H9ClO4S2. The molecule has 0 fully saturated rings. The Labute approximate surface area is 128 Å². The first kappa shape index (κ1) is 13.6. The Morgan fingerprint density at radius 3 is 3.00 bits per heavy atom. The molecule has 4 nitrogen and oxygen atoms in total. The summed E-state index contributed by atoms with van der Waals surface area (Å²) >= 11 is 8.90. The molecule has 0 radical (unpaired) electrons. The van der Waals surface area contributed by atoms with Crippen molar-refractivity contribution in [2.24, 2.45) is 0 Å². The number of hydrogen-bond donors (Lipinski definition) is 1. The fraction of sp³-hybridized carbons (Fsp3) is 0.154. The SMILES string of the molecule is O=C(O)c1cc(SCc2cc(Cl)c3c(c2)OCO3)cs1. The van der Waals surface area contributed by atoms with Crippen molar-refractivity contribution < 1.29 is 19.4 Å². The van der Waals surface area contributed by atoms with Crippen LogP contribution in [0.1, 0.15) is 15.2 Å². The zero-order valence-electron chi connectivity index (χ0n) is 10.1. The first-order chi connectivity index (χ1) is 9.63. The molecule has 1 N–H and O–H groups in total. The number of ether oxygens (including phenoxy) is 2. The van der Waals surface area contributed by atoms with Gasteiger partial charge in [-0.15, -0.1) is 23.1 Å². The summed E-state index contributed by atoms with van der Waals surface area (Å²) in [6, 6.07) is 5.41. The summed E-state index contributed by atoms with van der Waals surface area (Å²) in [4.78, 5) is 12.1. The molecule has 1 aromatic heterocycles. The van der Waals surface area contributed by atoms with Gasteiger partial charge >= 0.3 is 5.97 Å². The third kappa shape index (κ3) is 2.72. The highest BCUT2D eigenvalue weighted by molar-refractivity contribution is 7.98. The second-order valence-corrected chi connectivity index (χ2v) is 6.42. The molecule has 0 saturated heterocycles. The number of fused-ring (bicyclic) bond motifs is 1. The number of thioether (sulfide) groups is 1. The highest BCUT2D eigenvalue weighted by Crippen LogP contribution is 2.41. The third-order valence-electron chi connectivity index (χ3n) is 2.68. The molecule has 0 aliphatic carbocycles. The molecule has 1 aromatic carbocycles. The number of carbonyl (C=O) groups is 1. The largest absolute Gasteiger partial charge is 0.477 e. The van der Waals surface area contributed by atoms with Gasteiger partial charge in [0.05, 0.1) is 5.02 Å². The molecule has 20 heavy (non-hydrogen) atoms. The zero-order valence-corrected chi connectivity index (χ0v) is 12.5. The van der Waals surface area contributed by atoms with Crippen molar-refractivity contribution in [2.75, 3.05) is 6.79 Å². The fourth-order valence-electron chi connectivity index (χ4n) is 1.78. The number of carboxylic acids is 1. The van der Waals surface area contributed by atoms with E-state index >= 15 is 0 Å². The van der Waals surface area contributed by atoms with E-state index in [1.54, 1.807) is 17.8 Å². The number of carboxylic acid groups (broad SMARTS) is 1. The van der Waals surface area contributed by atoms with Crippen molar-refractivity contribution in [1.82, 2.24) is 0 Å².